The van der Waals surface area contributed by atoms with Gasteiger partial charge in [0.15, 0.2) is 0 Å². The van der Waals surface area contributed by atoms with E-state index in [2.05, 4.69) is 4.90 Å². The summed E-state index contributed by atoms with van der Waals surface area (Å²) in [5.74, 6) is 0.475. The molecule has 1 aliphatic rings. The van der Waals surface area contributed by atoms with Gasteiger partial charge in [-0.1, -0.05) is 0 Å². The third-order valence-electron chi connectivity index (χ3n) is 2.80. The predicted octanol–water partition coefficient (Wildman–Crippen LogP) is 0.565. The van der Waals surface area contributed by atoms with Crippen LogP contribution in [-0.4, -0.2) is 67.9 Å². The molecule has 0 aliphatic carbocycles. The van der Waals surface area contributed by atoms with Crippen LogP contribution in [0.5, 0.6) is 0 Å². The largest absolute Gasteiger partial charge is 0.465 e. The van der Waals surface area contributed by atoms with Gasteiger partial charge in [0.1, 0.15) is 0 Å². The summed E-state index contributed by atoms with van der Waals surface area (Å²) in [5, 5.41) is 8.80. The smallest absolute Gasteiger partial charge is 0.407 e. The summed E-state index contributed by atoms with van der Waals surface area (Å²) in [4.78, 5) is 14.4. The van der Waals surface area contributed by atoms with E-state index in [0.717, 1.165) is 26.1 Å². The maximum Gasteiger partial charge on any atom is 0.407 e. The SMILES string of the molecule is COCCN(C)C[C@@H]1CCN(C(=O)O)C1. The standard InChI is InChI=1S/C10H20N2O3/c1-11(5-6-15-2)7-9-3-4-12(8-9)10(13)14/h9H,3-8H2,1-2H3,(H,13,14)/t9-/m0/s1. The molecule has 1 aliphatic heterocycles. The molecule has 1 amide bonds. The highest BCUT2D eigenvalue weighted by atomic mass is 16.5. The molecule has 1 saturated heterocycles. The van der Waals surface area contributed by atoms with Crippen molar-refractivity contribution in [1.29, 1.82) is 0 Å². The molecule has 5 nitrogen and oxygen atoms in total. The number of nitrogens with zero attached hydrogens (tertiary/aromatic N) is 2. The molecule has 0 spiro atoms. The zero-order chi connectivity index (χ0) is 11.3. The van der Waals surface area contributed by atoms with Crippen LogP contribution in [0.2, 0.25) is 0 Å². The topological polar surface area (TPSA) is 53.0 Å². The van der Waals surface area contributed by atoms with Crippen LogP contribution in [0.4, 0.5) is 4.79 Å². The van der Waals surface area contributed by atoms with Gasteiger partial charge in [-0.15, -0.1) is 0 Å². The molecule has 0 aromatic heterocycles. The van der Waals surface area contributed by atoms with Gasteiger partial charge in [0.25, 0.3) is 0 Å². The van der Waals surface area contributed by atoms with Crippen molar-refractivity contribution in [1.82, 2.24) is 9.80 Å². The molecule has 5 heteroatoms. The molecule has 0 radical (unpaired) electrons. The van der Waals surface area contributed by atoms with Crippen LogP contribution >= 0.6 is 0 Å². The molecular formula is C10H20N2O3. The minimum absolute atomic E-state index is 0.475. The Morgan fingerprint density at radius 1 is 1.67 bits per heavy atom. The van der Waals surface area contributed by atoms with Crippen molar-refractivity contribution in [2.75, 3.05) is 46.9 Å². The molecular weight excluding hydrogens is 196 g/mol. The fourth-order valence-corrected chi connectivity index (χ4v) is 1.93. The van der Waals surface area contributed by atoms with E-state index in [1.54, 1.807) is 7.11 Å². The molecule has 1 atom stereocenters. The number of carboxylic acid groups (broad SMARTS) is 1. The normalized spacial score (nSPS) is 21.3. The first kappa shape index (κ1) is 12.3. The Kier molecular flexibility index (Phi) is 4.84. The van der Waals surface area contributed by atoms with E-state index in [9.17, 15) is 4.79 Å². The Morgan fingerprint density at radius 2 is 2.40 bits per heavy atom. The van der Waals surface area contributed by atoms with Crippen LogP contribution < -0.4 is 0 Å². The summed E-state index contributed by atoms with van der Waals surface area (Å²) >= 11 is 0. The molecule has 88 valence electrons. The van der Waals surface area contributed by atoms with Gasteiger partial charge in [0.05, 0.1) is 6.61 Å². The summed E-state index contributed by atoms with van der Waals surface area (Å²) in [6.07, 6.45) is 0.181. The summed E-state index contributed by atoms with van der Waals surface area (Å²) in [6, 6.07) is 0. The second kappa shape index (κ2) is 5.92. The molecule has 1 fully saturated rings. The lowest BCUT2D eigenvalue weighted by molar-refractivity contribution is 0.144. The monoisotopic (exact) mass is 216 g/mol. The number of hydrogen-bond acceptors (Lipinski definition) is 3. The zero-order valence-electron chi connectivity index (χ0n) is 9.48. The Hall–Kier alpha value is -0.810. The van der Waals surface area contributed by atoms with Crippen molar-refractivity contribution in [2.45, 2.75) is 6.42 Å². The summed E-state index contributed by atoms with van der Waals surface area (Å²) in [7, 11) is 3.73. The quantitative estimate of drug-likeness (QED) is 0.729. The number of carbonyl (C=O) groups is 1. The molecule has 0 aromatic rings. The van der Waals surface area contributed by atoms with Crippen molar-refractivity contribution >= 4 is 6.09 Å². The van der Waals surface area contributed by atoms with Gasteiger partial charge < -0.3 is 19.6 Å². The first-order chi connectivity index (χ1) is 7.13. The van der Waals surface area contributed by atoms with E-state index in [-0.39, 0.29) is 0 Å². The fourth-order valence-electron chi connectivity index (χ4n) is 1.93. The fraction of sp³-hybridized carbons (Fsp3) is 0.900. The van der Waals surface area contributed by atoms with Crippen LogP contribution in [0, 0.1) is 5.92 Å². The molecule has 1 rings (SSSR count). The lowest BCUT2D eigenvalue weighted by Crippen LogP contribution is -2.32. The first-order valence-corrected chi connectivity index (χ1v) is 5.29. The Balaban J connectivity index is 2.20. The molecule has 0 saturated carbocycles. The van der Waals surface area contributed by atoms with Crippen molar-refractivity contribution in [2.24, 2.45) is 5.92 Å². The highest BCUT2D eigenvalue weighted by Gasteiger charge is 2.26. The minimum Gasteiger partial charge on any atom is -0.465 e. The number of methoxy groups -OCH3 is 1. The average molecular weight is 216 g/mol. The molecule has 0 unspecified atom stereocenters. The van der Waals surface area contributed by atoms with Crippen LogP contribution in [0.1, 0.15) is 6.42 Å². The van der Waals surface area contributed by atoms with Crippen molar-refractivity contribution in [3.8, 4) is 0 Å². The third kappa shape index (κ3) is 4.05. The minimum atomic E-state index is -0.794. The van der Waals surface area contributed by atoms with Crippen molar-refractivity contribution in [3.63, 3.8) is 0 Å². The van der Waals surface area contributed by atoms with Gasteiger partial charge in [-0.05, 0) is 19.4 Å². The van der Waals surface area contributed by atoms with Gasteiger partial charge >= 0.3 is 6.09 Å². The summed E-state index contributed by atoms with van der Waals surface area (Å²) < 4.78 is 4.99. The van der Waals surface area contributed by atoms with E-state index in [1.165, 1.54) is 4.90 Å². The molecule has 15 heavy (non-hydrogen) atoms. The molecule has 0 aromatic carbocycles. The number of amides is 1. The maximum absolute atomic E-state index is 10.7. The van der Waals surface area contributed by atoms with E-state index in [1.807, 2.05) is 7.05 Å². The Labute approximate surface area is 90.6 Å². The van der Waals surface area contributed by atoms with E-state index < -0.39 is 6.09 Å². The average Bonchev–Trinajstić information content (AvgIpc) is 2.63. The summed E-state index contributed by atoms with van der Waals surface area (Å²) in [5.41, 5.74) is 0. The molecule has 1 heterocycles. The highest BCUT2D eigenvalue weighted by molar-refractivity contribution is 5.65. The second-order valence-corrected chi connectivity index (χ2v) is 4.14. The summed E-state index contributed by atoms with van der Waals surface area (Å²) in [6.45, 7) is 3.93. The number of hydrogen-bond donors (Lipinski definition) is 1. The number of ether oxygens (including phenoxy) is 1. The lowest BCUT2D eigenvalue weighted by Gasteiger charge is -2.20. The van der Waals surface area contributed by atoms with Gasteiger partial charge in [-0.3, -0.25) is 0 Å². The van der Waals surface area contributed by atoms with E-state index in [4.69, 9.17) is 9.84 Å². The zero-order valence-corrected chi connectivity index (χ0v) is 9.48. The van der Waals surface area contributed by atoms with Crippen LogP contribution in [-0.2, 0) is 4.74 Å². The van der Waals surface area contributed by atoms with Crippen LogP contribution in [0.15, 0.2) is 0 Å². The van der Waals surface area contributed by atoms with Crippen molar-refractivity contribution < 1.29 is 14.6 Å². The number of rotatable bonds is 5. The van der Waals surface area contributed by atoms with Crippen molar-refractivity contribution in [3.05, 3.63) is 0 Å². The Morgan fingerprint density at radius 3 is 2.93 bits per heavy atom. The van der Waals surface area contributed by atoms with Gasteiger partial charge in [0.2, 0.25) is 0 Å². The van der Waals surface area contributed by atoms with E-state index >= 15 is 0 Å². The lowest BCUT2D eigenvalue weighted by atomic mass is 10.1. The van der Waals surface area contributed by atoms with Crippen LogP contribution in [0.25, 0.3) is 0 Å². The molecule has 1 N–H and O–H groups in total. The Bertz CT molecular complexity index is 211. The molecule has 0 bridgehead atoms. The predicted molar refractivity (Wildman–Crippen MR) is 57.1 cm³/mol. The van der Waals surface area contributed by atoms with Gasteiger partial charge in [-0.2, -0.15) is 0 Å². The number of likely N-dealkylation sites (tertiary alicyclic amines) is 1. The first-order valence-electron chi connectivity index (χ1n) is 5.29. The second-order valence-electron chi connectivity index (χ2n) is 4.14. The number of likely N-dealkylation sites (N-methyl/N-ethyl adjacent to an activating group) is 1. The highest BCUT2D eigenvalue weighted by Crippen LogP contribution is 2.16. The van der Waals surface area contributed by atoms with Gasteiger partial charge in [-0.25, -0.2) is 4.79 Å². The van der Waals surface area contributed by atoms with Crippen LogP contribution in [0.3, 0.4) is 0 Å². The maximum atomic E-state index is 10.7. The van der Waals surface area contributed by atoms with E-state index in [0.29, 0.717) is 19.0 Å². The third-order valence-corrected chi connectivity index (χ3v) is 2.80. The van der Waals surface area contributed by atoms with Gasteiger partial charge in [0, 0.05) is 33.3 Å².